The predicted octanol–water partition coefficient (Wildman–Crippen LogP) is 4.06. The number of thiazole rings is 1. The highest BCUT2D eigenvalue weighted by Gasteiger charge is 2.09. The summed E-state index contributed by atoms with van der Waals surface area (Å²) < 4.78 is 0. The van der Waals surface area contributed by atoms with Gasteiger partial charge in [0, 0.05) is 16.6 Å². The van der Waals surface area contributed by atoms with Crippen LogP contribution in [0.5, 0.6) is 0 Å². The first kappa shape index (κ1) is 15.9. The van der Waals surface area contributed by atoms with Crippen molar-refractivity contribution in [2.45, 2.75) is 12.8 Å². The van der Waals surface area contributed by atoms with E-state index in [1.165, 1.54) is 11.3 Å². The topological polar surface area (TPSA) is 65.8 Å². The highest BCUT2D eigenvalue weighted by atomic mass is 32.1. The number of nitrogens with one attached hydrogen (secondary N) is 1. The molecule has 5 heteroatoms. The molecular weight excluding hydrogens is 318 g/mol. The largest absolute Gasteiger partial charge is 0.326 e. The second-order valence-corrected chi connectivity index (χ2v) is 6.12. The van der Waals surface area contributed by atoms with E-state index in [0.29, 0.717) is 6.42 Å². The van der Waals surface area contributed by atoms with Crippen molar-refractivity contribution in [3.8, 4) is 16.6 Å². The Hall–Kier alpha value is -2.97. The molecule has 1 amide bonds. The lowest BCUT2D eigenvalue weighted by Crippen LogP contribution is -2.14. The molecule has 4 nitrogen and oxygen atoms in total. The van der Waals surface area contributed by atoms with Crippen LogP contribution in [0.1, 0.15) is 11.3 Å². The maximum Gasteiger partial charge on any atom is 0.230 e. The molecule has 1 aromatic heterocycles. The first-order valence-corrected chi connectivity index (χ1v) is 8.38. The van der Waals surface area contributed by atoms with E-state index in [9.17, 15) is 4.79 Å². The Kier molecular flexibility index (Phi) is 4.99. The van der Waals surface area contributed by atoms with Gasteiger partial charge in [-0.25, -0.2) is 4.98 Å². The van der Waals surface area contributed by atoms with Crippen LogP contribution in [0, 0.1) is 11.3 Å². The second kappa shape index (κ2) is 7.53. The molecule has 0 radical (unpaired) electrons. The molecule has 0 spiro atoms. The molecule has 118 valence electrons. The lowest BCUT2D eigenvalue weighted by atomic mass is 10.1. The van der Waals surface area contributed by atoms with E-state index in [-0.39, 0.29) is 12.3 Å². The van der Waals surface area contributed by atoms with Crippen LogP contribution in [-0.2, 0) is 17.6 Å². The van der Waals surface area contributed by atoms with Gasteiger partial charge in [-0.1, -0.05) is 42.5 Å². The summed E-state index contributed by atoms with van der Waals surface area (Å²) in [5.41, 5.74) is 3.47. The third-order valence-electron chi connectivity index (χ3n) is 3.44. The van der Waals surface area contributed by atoms with E-state index in [4.69, 9.17) is 5.26 Å². The number of carbonyl (C=O) groups excluding carboxylic acids is 1. The minimum absolute atomic E-state index is 0.104. The summed E-state index contributed by atoms with van der Waals surface area (Å²) >= 11 is 1.54. The summed E-state index contributed by atoms with van der Waals surface area (Å²) in [5.74, 6) is -0.104. The summed E-state index contributed by atoms with van der Waals surface area (Å²) in [6.07, 6.45) is 0.610. The Morgan fingerprint density at radius 1 is 1.12 bits per heavy atom. The summed E-state index contributed by atoms with van der Waals surface area (Å²) in [6, 6.07) is 19.3. The highest BCUT2D eigenvalue weighted by Crippen LogP contribution is 2.23. The van der Waals surface area contributed by atoms with E-state index < -0.39 is 0 Å². The number of hydrogen-bond acceptors (Lipinski definition) is 4. The number of carbonyl (C=O) groups is 1. The molecule has 2 aromatic carbocycles. The van der Waals surface area contributed by atoms with Crippen LogP contribution in [0.2, 0.25) is 0 Å². The molecule has 1 N–H and O–H groups in total. The summed E-state index contributed by atoms with van der Waals surface area (Å²) in [7, 11) is 0. The van der Waals surface area contributed by atoms with Gasteiger partial charge in [0.2, 0.25) is 5.91 Å². The fourth-order valence-corrected chi connectivity index (χ4v) is 3.09. The second-order valence-electron chi connectivity index (χ2n) is 5.27. The Balaban J connectivity index is 1.61. The number of benzene rings is 2. The summed E-state index contributed by atoms with van der Waals surface area (Å²) in [6.45, 7) is 0. The Morgan fingerprint density at radius 3 is 2.58 bits per heavy atom. The first-order valence-electron chi connectivity index (χ1n) is 7.50. The average Bonchev–Trinajstić information content (AvgIpc) is 3.06. The van der Waals surface area contributed by atoms with Crippen LogP contribution in [0.15, 0.2) is 60.0 Å². The molecule has 0 bridgehead atoms. The smallest absolute Gasteiger partial charge is 0.230 e. The molecule has 0 saturated heterocycles. The van der Waals surface area contributed by atoms with Gasteiger partial charge in [-0.05, 0) is 17.7 Å². The number of amides is 1. The molecule has 0 saturated carbocycles. The lowest BCUT2D eigenvalue weighted by molar-refractivity contribution is -0.115. The molecule has 24 heavy (non-hydrogen) atoms. The monoisotopic (exact) mass is 333 g/mol. The zero-order valence-electron chi connectivity index (χ0n) is 12.9. The quantitative estimate of drug-likeness (QED) is 0.766. The lowest BCUT2D eigenvalue weighted by Gasteiger charge is -2.04. The first-order chi connectivity index (χ1) is 11.7. The van der Waals surface area contributed by atoms with Crippen molar-refractivity contribution in [1.82, 2.24) is 4.98 Å². The van der Waals surface area contributed by atoms with Gasteiger partial charge < -0.3 is 5.32 Å². The Morgan fingerprint density at radius 2 is 1.88 bits per heavy atom. The van der Waals surface area contributed by atoms with Crippen LogP contribution in [-0.4, -0.2) is 10.9 Å². The van der Waals surface area contributed by atoms with Gasteiger partial charge in [-0.15, -0.1) is 11.3 Å². The number of hydrogen-bond donors (Lipinski definition) is 1. The average molecular weight is 333 g/mol. The van der Waals surface area contributed by atoms with E-state index in [2.05, 4.69) is 16.4 Å². The van der Waals surface area contributed by atoms with Crippen LogP contribution < -0.4 is 5.32 Å². The van der Waals surface area contributed by atoms with E-state index in [0.717, 1.165) is 27.5 Å². The number of rotatable bonds is 5. The number of nitriles is 1. The fraction of sp³-hybridized carbons (Fsp3) is 0.105. The van der Waals surface area contributed by atoms with Crippen molar-refractivity contribution in [3.63, 3.8) is 0 Å². The molecular formula is C19H15N3OS. The van der Waals surface area contributed by atoms with Crippen molar-refractivity contribution in [1.29, 1.82) is 5.26 Å². The molecule has 1 heterocycles. The van der Waals surface area contributed by atoms with Crippen LogP contribution in [0.25, 0.3) is 10.6 Å². The van der Waals surface area contributed by atoms with Crippen molar-refractivity contribution in [2.24, 2.45) is 0 Å². The highest BCUT2D eigenvalue weighted by molar-refractivity contribution is 7.13. The van der Waals surface area contributed by atoms with Gasteiger partial charge >= 0.3 is 0 Å². The number of nitrogens with zero attached hydrogens (tertiary/aromatic N) is 2. The van der Waals surface area contributed by atoms with Gasteiger partial charge in [0.15, 0.2) is 0 Å². The van der Waals surface area contributed by atoms with E-state index in [1.54, 1.807) is 12.1 Å². The zero-order chi connectivity index (χ0) is 16.8. The van der Waals surface area contributed by atoms with Crippen LogP contribution >= 0.6 is 11.3 Å². The minimum atomic E-state index is -0.104. The molecule has 0 aliphatic carbocycles. The summed E-state index contributed by atoms with van der Waals surface area (Å²) in [5, 5.41) is 14.3. The summed E-state index contributed by atoms with van der Waals surface area (Å²) in [4.78, 5) is 16.7. The van der Waals surface area contributed by atoms with Gasteiger partial charge in [-0.3, -0.25) is 4.79 Å². The predicted molar refractivity (Wildman–Crippen MR) is 95.6 cm³/mol. The molecule has 0 aliphatic heterocycles. The van der Waals surface area contributed by atoms with Crippen LogP contribution in [0.4, 0.5) is 5.69 Å². The third-order valence-corrected chi connectivity index (χ3v) is 4.38. The minimum Gasteiger partial charge on any atom is -0.326 e. The van der Waals surface area contributed by atoms with E-state index in [1.807, 2.05) is 47.8 Å². The molecule has 0 fully saturated rings. The van der Waals surface area contributed by atoms with Gasteiger partial charge in [0.25, 0.3) is 0 Å². The Labute approximate surface area is 144 Å². The molecule has 0 unspecified atom stereocenters. The SMILES string of the molecule is N#CCc1ccc(NC(=O)Cc2csc(-c3ccccc3)n2)cc1. The van der Waals surface area contributed by atoms with E-state index >= 15 is 0 Å². The van der Waals surface area contributed by atoms with Crippen molar-refractivity contribution in [2.75, 3.05) is 5.32 Å². The van der Waals surface area contributed by atoms with Gasteiger partial charge in [-0.2, -0.15) is 5.26 Å². The van der Waals surface area contributed by atoms with Crippen molar-refractivity contribution < 1.29 is 4.79 Å². The maximum atomic E-state index is 12.1. The molecule has 3 rings (SSSR count). The number of aromatic nitrogens is 1. The fourth-order valence-electron chi connectivity index (χ4n) is 2.27. The molecule has 3 aromatic rings. The third kappa shape index (κ3) is 4.06. The zero-order valence-corrected chi connectivity index (χ0v) is 13.7. The normalized spacial score (nSPS) is 10.1. The maximum absolute atomic E-state index is 12.1. The Bertz CT molecular complexity index is 864. The standard InChI is InChI=1S/C19H15N3OS/c20-11-10-14-6-8-16(9-7-14)21-18(23)12-17-13-24-19(22-17)15-4-2-1-3-5-15/h1-9,13H,10,12H2,(H,21,23). The number of anilines is 1. The van der Waals surface area contributed by atoms with Crippen LogP contribution in [0.3, 0.4) is 0 Å². The molecule has 0 atom stereocenters. The van der Waals surface area contributed by atoms with Crippen molar-refractivity contribution in [3.05, 3.63) is 71.2 Å². The van der Waals surface area contributed by atoms with Gasteiger partial charge in [0.1, 0.15) is 5.01 Å². The van der Waals surface area contributed by atoms with Crippen molar-refractivity contribution >= 4 is 22.9 Å². The molecule has 0 aliphatic rings. The van der Waals surface area contributed by atoms with Gasteiger partial charge in [0.05, 0.1) is 24.6 Å².